The summed E-state index contributed by atoms with van der Waals surface area (Å²) in [6.45, 7) is 0. The molecule has 0 saturated carbocycles. The number of carbonyl (C=O) groups excluding carboxylic acids is 1. The molecule has 0 radical (unpaired) electrons. The summed E-state index contributed by atoms with van der Waals surface area (Å²) < 4.78 is 0.593. The lowest BCUT2D eigenvalue weighted by molar-refractivity contribution is 0.0696. The summed E-state index contributed by atoms with van der Waals surface area (Å²) in [5, 5.41) is 11.8. The van der Waals surface area contributed by atoms with Gasteiger partial charge in [-0.25, -0.2) is 4.79 Å². The SMILES string of the molecule is CSc1ccccc1C(=O)Nc1cc(Br)cc(C(=O)O)c1. The number of halogens is 1. The summed E-state index contributed by atoms with van der Waals surface area (Å²) in [5.41, 5.74) is 1.10. The Morgan fingerprint density at radius 3 is 2.57 bits per heavy atom. The molecule has 0 spiro atoms. The van der Waals surface area contributed by atoms with Crippen LogP contribution in [0.3, 0.4) is 0 Å². The third-order valence-electron chi connectivity index (χ3n) is 2.75. The van der Waals surface area contributed by atoms with Gasteiger partial charge in [-0.2, -0.15) is 0 Å². The third kappa shape index (κ3) is 3.86. The van der Waals surface area contributed by atoms with Crippen molar-refractivity contribution in [3.63, 3.8) is 0 Å². The average Bonchev–Trinajstić information content (AvgIpc) is 2.46. The average molecular weight is 366 g/mol. The molecule has 0 bridgehead atoms. The predicted molar refractivity (Wildman–Crippen MR) is 87.3 cm³/mol. The van der Waals surface area contributed by atoms with Gasteiger partial charge in [0.25, 0.3) is 5.91 Å². The molecule has 0 fully saturated rings. The van der Waals surface area contributed by atoms with Gasteiger partial charge in [-0.3, -0.25) is 4.79 Å². The molecule has 2 aromatic carbocycles. The predicted octanol–water partition coefficient (Wildman–Crippen LogP) is 4.12. The van der Waals surface area contributed by atoms with E-state index in [0.717, 1.165) is 4.90 Å². The molecule has 0 aliphatic carbocycles. The van der Waals surface area contributed by atoms with Crippen LogP contribution in [0.5, 0.6) is 0 Å². The van der Waals surface area contributed by atoms with Crippen molar-refractivity contribution in [2.45, 2.75) is 4.90 Å². The fourth-order valence-electron chi connectivity index (χ4n) is 1.82. The number of carbonyl (C=O) groups is 2. The van der Waals surface area contributed by atoms with Gasteiger partial charge in [0.15, 0.2) is 0 Å². The van der Waals surface area contributed by atoms with E-state index in [4.69, 9.17) is 5.11 Å². The van der Waals surface area contributed by atoms with Crippen LogP contribution < -0.4 is 5.32 Å². The largest absolute Gasteiger partial charge is 0.478 e. The maximum absolute atomic E-state index is 12.3. The van der Waals surface area contributed by atoms with Gasteiger partial charge in [0, 0.05) is 15.1 Å². The van der Waals surface area contributed by atoms with Gasteiger partial charge in [-0.1, -0.05) is 28.1 Å². The second-order valence-corrected chi connectivity index (χ2v) is 5.95. The molecule has 2 N–H and O–H groups in total. The van der Waals surface area contributed by atoms with Gasteiger partial charge < -0.3 is 10.4 Å². The molecule has 6 heteroatoms. The van der Waals surface area contributed by atoms with Gasteiger partial charge in [0.1, 0.15) is 0 Å². The first-order valence-corrected chi connectivity index (χ1v) is 8.01. The van der Waals surface area contributed by atoms with Gasteiger partial charge in [0.2, 0.25) is 0 Å². The lowest BCUT2D eigenvalue weighted by atomic mass is 10.1. The van der Waals surface area contributed by atoms with E-state index >= 15 is 0 Å². The molecule has 21 heavy (non-hydrogen) atoms. The maximum Gasteiger partial charge on any atom is 0.335 e. The smallest absolute Gasteiger partial charge is 0.335 e. The number of carboxylic acids is 1. The molecule has 4 nitrogen and oxygen atoms in total. The molecule has 0 heterocycles. The number of benzene rings is 2. The minimum atomic E-state index is -1.05. The van der Waals surface area contributed by atoms with Crippen LogP contribution in [0, 0.1) is 0 Å². The molecule has 1 amide bonds. The number of thioether (sulfide) groups is 1. The normalized spacial score (nSPS) is 10.2. The van der Waals surface area contributed by atoms with E-state index in [1.54, 1.807) is 18.2 Å². The molecule has 0 aromatic heterocycles. The number of hydrogen-bond acceptors (Lipinski definition) is 3. The molecule has 0 unspecified atom stereocenters. The van der Waals surface area contributed by atoms with Crippen molar-refractivity contribution in [2.75, 3.05) is 11.6 Å². The quantitative estimate of drug-likeness (QED) is 0.799. The summed E-state index contributed by atoms with van der Waals surface area (Å²) in [4.78, 5) is 24.2. The highest BCUT2D eigenvalue weighted by molar-refractivity contribution is 9.10. The highest BCUT2D eigenvalue weighted by atomic mass is 79.9. The van der Waals surface area contributed by atoms with Crippen LogP contribution in [-0.4, -0.2) is 23.2 Å². The molecule has 0 aliphatic rings. The topological polar surface area (TPSA) is 66.4 Å². The number of hydrogen-bond donors (Lipinski definition) is 2. The van der Waals surface area contributed by atoms with Crippen molar-refractivity contribution >= 4 is 45.3 Å². The zero-order chi connectivity index (χ0) is 15.4. The van der Waals surface area contributed by atoms with Crippen LogP contribution in [0.15, 0.2) is 51.8 Å². The second-order valence-electron chi connectivity index (χ2n) is 4.19. The van der Waals surface area contributed by atoms with E-state index in [1.165, 1.54) is 23.9 Å². The molecule has 0 saturated heterocycles. The minimum absolute atomic E-state index is 0.109. The van der Waals surface area contributed by atoms with E-state index in [1.807, 2.05) is 18.4 Å². The fourth-order valence-corrected chi connectivity index (χ4v) is 2.90. The number of carboxylic acid groups (broad SMARTS) is 1. The Morgan fingerprint density at radius 2 is 1.90 bits per heavy atom. The summed E-state index contributed by atoms with van der Waals surface area (Å²) >= 11 is 4.72. The lowest BCUT2D eigenvalue weighted by Crippen LogP contribution is -2.13. The van der Waals surface area contributed by atoms with Crippen LogP contribution in [0.25, 0.3) is 0 Å². The zero-order valence-electron chi connectivity index (χ0n) is 11.1. The minimum Gasteiger partial charge on any atom is -0.478 e. The van der Waals surface area contributed by atoms with Gasteiger partial charge >= 0.3 is 5.97 Å². The Kier molecular flexibility index (Phi) is 5.03. The van der Waals surface area contributed by atoms with E-state index < -0.39 is 5.97 Å². The fraction of sp³-hybridized carbons (Fsp3) is 0.0667. The van der Waals surface area contributed by atoms with Crippen molar-refractivity contribution in [3.8, 4) is 0 Å². The second kappa shape index (κ2) is 6.78. The number of anilines is 1. The monoisotopic (exact) mass is 365 g/mol. The third-order valence-corrected chi connectivity index (χ3v) is 4.01. The molecular formula is C15H12BrNO3S. The number of nitrogens with one attached hydrogen (secondary N) is 1. The Balaban J connectivity index is 2.29. The number of aromatic carboxylic acids is 1. The summed E-state index contributed by atoms with van der Waals surface area (Å²) in [6, 6.07) is 11.8. The van der Waals surface area contributed by atoms with E-state index in [2.05, 4.69) is 21.2 Å². The Hall–Kier alpha value is -1.79. The first kappa shape index (κ1) is 15.6. The first-order valence-electron chi connectivity index (χ1n) is 5.99. The van der Waals surface area contributed by atoms with Gasteiger partial charge in [-0.15, -0.1) is 11.8 Å². The van der Waals surface area contributed by atoms with E-state index in [9.17, 15) is 9.59 Å². The summed E-state index contributed by atoms with van der Waals surface area (Å²) in [7, 11) is 0. The van der Waals surface area contributed by atoms with Crippen molar-refractivity contribution in [1.29, 1.82) is 0 Å². The Morgan fingerprint density at radius 1 is 1.19 bits per heavy atom. The highest BCUT2D eigenvalue weighted by Gasteiger charge is 2.12. The van der Waals surface area contributed by atoms with Crippen molar-refractivity contribution in [3.05, 3.63) is 58.1 Å². The van der Waals surface area contributed by atoms with Crippen molar-refractivity contribution < 1.29 is 14.7 Å². The van der Waals surface area contributed by atoms with Crippen molar-refractivity contribution in [1.82, 2.24) is 0 Å². The van der Waals surface area contributed by atoms with E-state index in [-0.39, 0.29) is 11.5 Å². The van der Waals surface area contributed by atoms with Gasteiger partial charge in [-0.05, 0) is 36.6 Å². The summed E-state index contributed by atoms with van der Waals surface area (Å²) in [5.74, 6) is -1.31. The molecule has 0 atom stereocenters. The van der Waals surface area contributed by atoms with Crippen LogP contribution in [-0.2, 0) is 0 Å². The Labute approximate surface area is 134 Å². The van der Waals surface area contributed by atoms with Crippen LogP contribution in [0.2, 0.25) is 0 Å². The first-order chi connectivity index (χ1) is 10.0. The zero-order valence-corrected chi connectivity index (χ0v) is 13.5. The maximum atomic E-state index is 12.3. The summed E-state index contributed by atoms with van der Waals surface area (Å²) in [6.07, 6.45) is 1.90. The highest BCUT2D eigenvalue weighted by Crippen LogP contribution is 2.23. The van der Waals surface area contributed by atoms with Crippen molar-refractivity contribution in [2.24, 2.45) is 0 Å². The molecule has 2 rings (SSSR count). The lowest BCUT2D eigenvalue weighted by Gasteiger charge is -2.09. The Bertz CT molecular complexity index is 703. The molecule has 108 valence electrons. The number of amides is 1. The number of rotatable bonds is 4. The van der Waals surface area contributed by atoms with E-state index in [0.29, 0.717) is 15.7 Å². The van der Waals surface area contributed by atoms with Gasteiger partial charge in [0.05, 0.1) is 11.1 Å². The molecule has 2 aromatic rings. The van der Waals surface area contributed by atoms with Crippen LogP contribution in [0.1, 0.15) is 20.7 Å². The molecular weight excluding hydrogens is 354 g/mol. The standard InChI is InChI=1S/C15H12BrNO3S/c1-21-13-5-3-2-4-12(13)14(18)17-11-7-9(15(19)20)6-10(16)8-11/h2-8H,1H3,(H,17,18)(H,19,20). The van der Waals surface area contributed by atoms with Crippen LogP contribution in [0.4, 0.5) is 5.69 Å². The molecule has 0 aliphatic heterocycles. The van der Waals surface area contributed by atoms with Crippen LogP contribution >= 0.6 is 27.7 Å².